The van der Waals surface area contributed by atoms with Crippen molar-refractivity contribution in [2.45, 2.75) is 6.54 Å². The number of hydrogen-bond donors (Lipinski definition) is 2. The molecule has 2 N–H and O–H groups in total. The molecule has 0 unspecified atom stereocenters. The van der Waals surface area contributed by atoms with Crippen LogP contribution >= 0.6 is 12.4 Å². The molecule has 6 aromatic rings. The number of ether oxygens (including phenoxy) is 1. The first-order valence-electron chi connectivity index (χ1n) is 13.6. The van der Waals surface area contributed by atoms with Gasteiger partial charge in [-0.15, -0.1) is 12.4 Å². The first-order valence-corrected chi connectivity index (χ1v) is 13.6. The average Bonchev–Trinajstić information content (AvgIpc) is 3.65. The Morgan fingerprint density at radius 3 is 2.47 bits per heavy atom. The standard InChI is InChI=1S/C31H27F2N7O2.ClH/c1-37-17-25(23-14-21(32)5-7-26(23)37)30-35-36-31(41)40(30)28-18-39(27-8-6-22(33)15-24(27)28)16-19-3-2-4-20(13-19)29(34)38-9-11-42-12-10-38;/h2-8,13-15,17-18,34H,9-12,16H2,1H3,(H,36,41);1H. The highest BCUT2D eigenvalue weighted by atomic mass is 35.5. The minimum absolute atomic E-state index is 0. The highest BCUT2D eigenvalue weighted by Crippen LogP contribution is 2.33. The summed E-state index contributed by atoms with van der Waals surface area (Å²) in [5.41, 5.74) is 3.77. The van der Waals surface area contributed by atoms with Crippen molar-refractivity contribution in [2.24, 2.45) is 7.05 Å². The maximum atomic E-state index is 14.6. The molecule has 7 rings (SSSR count). The minimum atomic E-state index is -0.498. The molecular formula is C31H28ClF2N7O2. The molecule has 0 spiro atoms. The van der Waals surface area contributed by atoms with Crippen LogP contribution in [0.15, 0.2) is 77.9 Å². The van der Waals surface area contributed by atoms with Gasteiger partial charge in [0, 0.05) is 66.5 Å². The molecule has 0 aliphatic carbocycles. The second kappa shape index (κ2) is 11.2. The number of aromatic amines is 1. The van der Waals surface area contributed by atoms with Gasteiger partial charge in [-0.05, 0) is 48.0 Å². The highest BCUT2D eigenvalue weighted by Gasteiger charge is 2.22. The van der Waals surface area contributed by atoms with Crippen LogP contribution in [0.1, 0.15) is 11.1 Å². The lowest BCUT2D eigenvalue weighted by molar-refractivity contribution is 0.0680. The number of morpholine rings is 1. The van der Waals surface area contributed by atoms with Gasteiger partial charge in [0.1, 0.15) is 17.5 Å². The molecule has 9 nitrogen and oxygen atoms in total. The van der Waals surface area contributed by atoms with E-state index < -0.39 is 17.3 Å². The summed E-state index contributed by atoms with van der Waals surface area (Å²) in [5.74, 6) is -0.100. The van der Waals surface area contributed by atoms with Gasteiger partial charge in [-0.3, -0.25) is 5.41 Å². The number of rotatable bonds is 5. The molecule has 4 heterocycles. The third-order valence-corrected chi connectivity index (χ3v) is 7.81. The van der Waals surface area contributed by atoms with Crippen LogP contribution in [-0.2, 0) is 18.3 Å². The van der Waals surface area contributed by atoms with Gasteiger partial charge in [0.15, 0.2) is 5.82 Å². The lowest BCUT2D eigenvalue weighted by Gasteiger charge is -2.29. The molecule has 220 valence electrons. The highest BCUT2D eigenvalue weighted by molar-refractivity contribution is 5.97. The molecular weight excluding hydrogens is 576 g/mol. The van der Waals surface area contributed by atoms with Crippen molar-refractivity contribution < 1.29 is 13.5 Å². The number of hydrogen-bond acceptors (Lipinski definition) is 4. The topological polar surface area (TPSA) is 96.9 Å². The van der Waals surface area contributed by atoms with E-state index in [0.29, 0.717) is 66.5 Å². The monoisotopic (exact) mass is 603 g/mol. The lowest BCUT2D eigenvalue weighted by Crippen LogP contribution is -2.40. The third kappa shape index (κ3) is 5.00. The van der Waals surface area contributed by atoms with Crippen LogP contribution in [-0.4, -0.2) is 60.9 Å². The third-order valence-electron chi connectivity index (χ3n) is 7.81. The summed E-state index contributed by atoms with van der Waals surface area (Å²) in [7, 11) is 1.84. The fourth-order valence-electron chi connectivity index (χ4n) is 5.79. The first-order chi connectivity index (χ1) is 20.4. The number of fused-ring (bicyclic) bond motifs is 2. The first kappa shape index (κ1) is 28.4. The van der Waals surface area contributed by atoms with Crippen LogP contribution in [0.5, 0.6) is 0 Å². The summed E-state index contributed by atoms with van der Waals surface area (Å²) in [4.78, 5) is 15.2. The molecule has 12 heteroatoms. The van der Waals surface area contributed by atoms with Crippen molar-refractivity contribution in [1.29, 1.82) is 5.41 Å². The Hall–Kier alpha value is -4.74. The predicted octanol–water partition coefficient (Wildman–Crippen LogP) is 5.08. The van der Waals surface area contributed by atoms with E-state index >= 15 is 0 Å². The van der Waals surface area contributed by atoms with Crippen molar-refractivity contribution in [2.75, 3.05) is 26.3 Å². The summed E-state index contributed by atoms with van der Waals surface area (Å²) >= 11 is 0. The zero-order chi connectivity index (χ0) is 29.0. The number of nitrogens with one attached hydrogen (secondary N) is 2. The van der Waals surface area contributed by atoms with E-state index in [-0.39, 0.29) is 12.4 Å². The molecule has 1 fully saturated rings. The van der Waals surface area contributed by atoms with Crippen LogP contribution in [0.4, 0.5) is 8.78 Å². The molecule has 3 aromatic heterocycles. The largest absolute Gasteiger partial charge is 0.378 e. The summed E-state index contributed by atoms with van der Waals surface area (Å²) < 4.78 is 39.5. The predicted molar refractivity (Wildman–Crippen MR) is 164 cm³/mol. The minimum Gasteiger partial charge on any atom is -0.378 e. The summed E-state index contributed by atoms with van der Waals surface area (Å²) in [6.07, 6.45) is 3.60. The molecule has 1 aliphatic rings. The van der Waals surface area contributed by atoms with Gasteiger partial charge in [-0.1, -0.05) is 18.2 Å². The second-order valence-corrected chi connectivity index (χ2v) is 10.5. The van der Waals surface area contributed by atoms with E-state index in [1.165, 1.54) is 28.8 Å². The van der Waals surface area contributed by atoms with E-state index in [0.717, 1.165) is 22.2 Å². The Kier molecular flexibility index (Phi) is 7.37. The van der Waals surface area contributed by atoms with Crippen LogP contribution in [0.25, 0.3) is 38.9 Å². The Bertz CT molecular complexity index is 2050. The van der Waals surface area contributed by atoms with Crippen molar-refractivity contribution in [3.05, 3.63) is 106 Å². The second-order valence-electron chi connectivity index (χ2n) is 10.5. The van der Waals surface area contributed by atoms with Crippen molar-refractivity contribution in [3.63, 3.8) is 0 Å². The van der Waals surface area contributed by atoms with Crippen molar-refractivity contribution in [3.8, 4) is 17.1 Å². The molecule has 1 aliphatic heterocycles. The molecule has 0 atom stereocenters. The summed E-state index contributed by atoms with van der Waals surface area (Å²) in [6.45, 7) is 2.96. The smallest absolute Gasteiger partial charge is 0.348 e. The fourth-order valence-corrected chi connectivity index (χ4v) is 5.79. The van der Waals surface area contributed by atoms with Crippen LogP contribution in [0.2, 0.25) is 0 Å². The van der Waals surface area contributed by atoms with E-state index in [2.05, 4.69) is 10.2 Å². The van der Waals surface area contributed by atoms with E-state index in [4.69, 9.17) is 10.1 Å². The number of aryl methyl sites for hydroxylation is 1. The summed E-state index contributed by atoms with van der Waals surface area (Å²) in [6, 6.07) is 16.7. The van der Waals surface area contributed by atoms with Gasteiger partial charge in [0.25, 0.3) is 0 Å². The van der Waals surface area contributed by atoms with Gasteiger partial charge >= 0.3 is 5.69 Å². The maximum Gasteiger partial charge on any atom is 0.348 e. The normalized spacial score (nSPS) is 13.5. The van der Waals surface area contributed by atoms with Gasteiger partial charge in [0.05, 0.1) is 24.4 Å². The Balaban J connectivity index is 0.00000329. The number of nitrogens with zero attached hydrogens (tertiary/aromatic N) is 5. The van der Waals surface area contributed by atoms with Gasteiger partial charge in [-0.2, -0.15) is 5.10 Å². The van der Waals surface area contributed by atoms with Crippen LogP contribution in [0, 0.1) is 17.0 Å². The van der Waals surface area contributed by atoms with E-state index in [1.807, 2.05) is 45.3 Å². The zero-order valence-electron chi connectivity index (χ0n) is 23.2. The van der Waals surface area contributed by atoms with Gasteiger partial charge in [0.2, 0.25) is 0 Å². The Labute approximate surface area is 250 Å². The molecule has 0 radical (unpaired) electrons. The Morgan fingerprint density at radius 2 is 1.70 bits per heavy atom. The van der Waals surface area contributed by atoms with Crippen molar-refractivity contribution in [1.82, 2.24) is 28.8 Å². The fraction of sp³-hybridized carbons (Fsp3) is 0.194. The lowest BCUT2D eigenvalue weighted by atomic mass is 10.1. The quantitative estimate of drug-likeness (QED) is 0.212. The van der Waals surface area contributed by atoms with E-state index in [9.17, 15) is 13.6 Å². The number of amidine groups is 1. The Morgan fingerprint density at radius 1 is 0.977 bits per heavy atom. The number of H-pyrrole nitrogens is 1. The van der Waals surface area contributed by atoms with Crippen LogP contribution in [0.3, 0.4) is 0 Å². The number of halogens is 3. The summed E-state index contributed by atoms with van der Waals surface area (Å²) in [5, 5.41) is 16.7. The van der Waals surface area contributed by atoms with Gasteiger partial charge < -0.3 is 18.8 Å². The number of benzene rings is 3. The number of aromatic nitrogens is 5. The molecule has 3 aromatic carbocycles. The van der Waals surface area contributed by atoms with E-state index in [1.54, 1.807) is 24.5 Å². The van der Waals surface area contributed by atoms with Crippen LogP contribution < -0.4 is 5.69 Å². The molecule has 1 saturated heterocycles. The van der Waals surface area contributed by atoms with Gasteiger partial charge in [-0.25, -0.2) is 23.2 Å². The molecule has 0 bridgehead atoms. The maximum absolute atomic E-state index is 14.6. The SMILES string of the molecule is Cl.Cn1cc(-c2n[nH]c(=O)n2-c2cn(Cc3cccc(C(=N)N4CCOCC4)c3)c3ccc(F)cc23)c2cc(F)ccc21. The molecule has 0 amide bonds. The average molecular weight is 604 g/mol. The zero-order valence-corrected chi connectivity index (χ0v) is 24.0. The molecule has 0 saturated carbocycles. The molecule has 43 heavy (non-hydrogen) atoms. The van der Waals surface area contributed by atoms with Crippen molar-refractivity contribution >= 4 is 40.0 Å².